The molecule has 2 fully saturated rings. The van der Waals surface area contributed by atoms with Crippen molar-refractivity contribution in [3.05, 3.63) is 53.3 Å². The molecule has 0 aliphatic carbocycles. The van der Waals surface area contributed by atoms with E-state index in [4.69, 9.17) is 14.5 Å². The van der Waals surface area contributed by atoms with Gasteiger partial charge in [0.1, 0.15) is 6.10 Å². The van der Waals surface area contributed by atoms with Crippen molar-refractivity contribution in [2.45, 2.75) is 26.1 Å². The molecule has 31 heavy (non-hydrogen) atoms. The molecule has 2 aromatic rings. The van der Waals surface area contributed by atoms with Crippen LogP contribution < -0.4 is 5.32 Å². The summed E-state index contributed by atoms with van der Waals surface area (Å²) in [5, 5.41) is 7.77. The van der Waals surface area contributed by atoms with Gasteiger partial charge in [-0.05, 0) is 18.1 Å². The van der Waals surface area contributed by atoms with Crippen LogP contribution in [0.2, 0.25) is 0 Å². The van der Waals surface area contributed by atoms with Crippen LogP contribution in [0.4, 0.5) is 0 Å². The van der Waals surface area contributed by atoms with Crippen molar-refractivity contribution >= 4 is 5.96 Å². The van der Waals surface area contributed by atoms with Gasteiger partial charge in [-0.15, -0.1) is 0 Å². The number of ether oxygens (including phenoxy) is 2. The molecular weight excluding hydrogens is 392 g/mol. The Labute approximate surface area is 184 Å². The molecule has 0 amide bonds. The van der Waals surface area contributed by atoms with Crippen LogP contribution in [0, 0.1) is 0 Å². The van der Waals surface area contributed by atoms with E-state index in [2.05, 4.69) is 51.4 Å². The number of hydrogen-bond acceptors (Lipinski definition) is 5. The van der Waals surface area contributed by atoms with Gasteiger partial charge >= 0.3 is 0 Å². The number of hydrogen-bond donors (Lipinski definition) is 1. The van der Waals surface area contributed by atoms with Crippen LogP contribution in [0.5, 0.6) is 0 Å². The number of aliphatic imine (C=N–C) groups is 1. The van der Waals surface area contributed by atoms with E-state index in [9.17, 15) is 0 Å². The molecule has 2 aliphatic rings. The quantitative estimate of drug-likeness (QED) is 0.561. The average Bonchev–Trinajstić information content (AvgIpc) is 3.25. The number of nitrogens with zero attached hydrogens (tertiary/aromatic N) is 5. The lowest BCUT2D eigenvalue weighted by Gasteiger charge is -2.35. The second-order valence-corrected chi connectivity index (χ2v) is 8.08. The summed E-state index contributed by atoms with van der Waals surface area (Å²) in [5.74, 6) is 0.945. The Morgan fingerprint density at radius 2 is 1.97 bits per heavy atom. The third-order valence-corrected chi connectivity index (χ3v) is 5.81. The second-order valence-electron chi connectivity index (χ2n) is 8.08. The first-order valence-corrected chi connectivity index (χ1v) is 11.2. The van der Waals surface area contributed by atoms with E-state index in [1.807, 2.05) is 24.1 Å². The van der Waals surface area contributed by atoms with Gasteiger partial charge in [-0.2, -0.15) is 5.10 Å². The van der Waals surface area contributed by atoms with Crippen LogP contribution >= 0.6 is 0 Å². The molecule has 3 heterocycles. The Balaban J connectivity index is 1.45. The van der Waals surface area contributed by atoms with E-state index in [1.54, 1.807) is 0 Å². The first-order valence-electron chi connectivity index (χ1n) is 11.2. The molecule has 1 aromatic carbocycles. The molecule has 4 rings (SSSR count). The SMILES string of the molecule is CCNC(=NCc1ccccc1CN1CCOCC1)N1CCOC(c2cnn(C)c2)C1. The fourth-order valence-electron chi connectivity index (χ4n) is 4.10. The first kappa shape index (κ1) is 21.8. The molecule has 1 aromatic heterocycles. The monoisotopic (exact) mass is 426 g/mol. The molecule has 1 unspecified atom stereocenters. The van der Waals surface area contributed by atoms with E-state index in [1.165, 1.54) is 11.1 Å². The molecular formula is C23H34N6O2. The number of benzene rings is 1. The molecule has 8 heteroatoms. The predicted octanol–water partition coefficient (Wildman–Crippen LogP) is 1.79. The molecule has 168 valence electrons. The molecule has 2 aliphatic heterocycles. The third-order valence-electron chi connectivity index (χ3n) is 5.81. The molecule has 1 atom stereocenters. The molecule has 2 saturated heterocycles. The van der Waals surface area contributed by atoms with Crippen LogP contribution in [-0.4, -0.2) is 78.1 Å². The fraction of sp³-hybridized carbons (Fsp3) is 0.565. The third kappa shape index (κ3) is 5.84. The van der Waals surface area contributed by atoms with Gasteiger partial charge in [0, 0.05) is 51.5 Å². The van der Waals surface area contributed by atoms with Crippen molar-refractivity contribution < 1.29 is 9.47 Å². The molecule has 0 radical (unpaired) electrons. The normalized spacial score (nSPS) is 20.8. The largest absolute Gasteiger partial charge is 0.379 e. The highest BCUT2D eigenvalue weighted by Crippen LogP contribution is 2.22. The summed E-state index contributed by atoms with van der Waals surface area (Å²) in [6.07, 6.45) is 3.93. The lowest BCUT2D eigenvalue weighted by Crippen LogP contribution is -2.48. The van der Waals surface area contributed by atoms with Crippen molar-refractivity contribution in [1.29, 1.82) is 0 Å². The number of aryl methyl sites for hydroxylation is 1. The Morgan fingerprint density at radius 3 is 2.71 bits per heavy atom. The molecule has 8 nitrogen and oxygen atoms in total. The van der Waals surface area contributed by atoms with Gasteiger partial charge < -0.3 is 19.7 Å². The maximum Gasteiger partial charge on any atom is 0.194 e. The van der Waals surface area contributed by atoms with Crippen molar-refractivity contribution in [1.82, 2.24) is 24.9 Å². The van der Waals surface area contributed by atoms with Gasteiger partial charge in [0.25, 0.3) is 0 Å². The molecule has 1 N–H and O–H groups in total. The smallest absolute Gasteiger partial charge is 0.194 e. The van der Waals surface area contributed by atoms with Crippen molar-refractivity contribution in [3.63, 3.8) is 0 Å². The number of guanidine groups is 1. The van der Waals surface area contributed by atoms with Crippen molar-refractivity contribution in [3.8, 4) is 0 Å². The Kier molecular flexibility index (Phi) is 7.56. The van der Waals surface area contributed by atoms with Crippen LogP contribution in [0.15, 0.2) is 41.7 Å². The van der Waals surface area contributed by atoms with Crippen LogP contribution in [-0.2, 0) is 29.6 Å². The minimum Gasteiger partial charge on any atom is -0.379 e. The minimum atomic E-state index is 0.0138. The first-order chi connectivity index (χ1) is 15.2. The topological polar surface area (TPSA) is 67.2 Å². The van der Waals surface area contributed by atoms with Gasteiger partial charge in [-0.1, -0.05) is 24.3 Å². The summed E-state index contributed by atoms with van der Waals surface area (Å²) in [5.41, 5.74) is 3.74. The maximum atomic E-state index is 6.01. The average molecular weight is 427 g/mol. The Morgan fingerprint density at radius 1 is 1.16 bits per heavy atom. The van der Waals surface area contributed by atoms with Gasteiger partial charge in [0.2, 0.25) is 0 Å². The molecule has 0 spiro atoms. The van der Waals surface area contributed by atoms with E-state index >= 15 is 0 Å². The van der Waals surface area contributed by atoms with Crippen LogP contribution in [0.1, 0.15) is 29.7 Å². The summed E-state index contributed by atoms with van der Waals surface area (Å²) in [4.78, 5) is 9.76. The highest BCUT2D eigenvalue weighted by Gasteiger charge is 2.25. The van der Waals surface area contributed by atoms with Crippen molar-refractivity contribution in [2.24, 2.45) is 12.0 Å². The van der Waals surface area contributed by atoms with Crippen molar-refractivity contribution in [2.75, 3.05) is 52.5 Å². The van der Waals surface area contributed by atoms with Crippen LogP contribution in [0.25, 0.3) is 0 Å². The number of morpholine rings is 2. The van der Waals surface area contributed by atoms with E-state index in [0.29, 0.717) is 13.2 Å². The zero-order chi connectivity index (χ0) is 21.5. The zero-order valence-electron chi connectivity index (χ0n) is 18.7. The van der Waals surface area contributed by atoms with E-state index < -0.39 is 0 Å². The van der Waals surface area contributed by atoms with Crippen LogP contribution in [0.3, 0.4) is 0 Å². The zero-order valence-corrected chi connectivity index (χ0v) is 18.7. The lowest BCUT2D eigenvalue weighted by atomic mass is 10.1. The highest BCUT2D eigenvalue weighted by atomic mass is 16.5. The fourth-order valence-corrected chi connectivity index (χ4v) is 4.10. The van der Waals surface area contributed by atoms with Gasteiger partial charge in [0.15, 0.2) is 5.96 Å². The lowest BCUT2D eigenvalue weighted by molar-refractivity contribution is -0.00805. The number of rotatable bonds is 6. The highest BCUT2D eigenvalue weighted by molar-refractivity contribution is 5.80. The molecule has 0 saturated carbocycles. The van der Waals surface area contributed by atoms with E-state index in [0.717, 1.165) is 64.0 Å². The Bertz CT molecular complexity index is 861. The predicted molar refractivity (Wildman–Crippen MR) is 121 cm³/mol. The summed E-state index contributed by atoms with van der Waals surface area (Å²) in [7, 11) is 1.93. The standard InChI is InChI=1S/C23H34N6O2/c1-3-24-23(29-10-13-31-22(18-29)21-15-26-27(2)16-21)25-14-19-6-4-5-7-20(19)17-28-8-11-30-12-9-28/h4-7,15-16,22H,3,8-14,17-18H2,1-2H3,(H,24,25). The number of aromatic nitrogens is 2. The summed E-state index contributed by atoms with van der Waals surface area (Å²) in [6.45, 7) is 10.5. The summed E-state index contributed by atoms with van der Waals surface area (Å²) in [6, 6.07) is 8.64. The van der Waals surface area contributed by atoms with Gasteiger partial charge in [-0.3, -0.25) is 9.58 Å². The van der Waals surface area contributed by atoms with Gasteiger partial charge in [0.05, 0.1) is 39.1 Å². The Hall–Kier alpha value is -2.42. The van der Waals surface area contributed by atoms with Gasteiger partial charge in [-0.25, -0.2) is 4.99 Å². The van der Waals surface area contributed by atoms with E-state index in [-0.39, 0.29) is 6.10 Å². The summed E-state index contributed by atoms with van der Waals surface area (Å²) < 4.78 is 13.3. The number of nitrogens with one attached hydrogen (secondary N) is 1. The molecule has 0 bridgehead atoms. The summed E-state index contributed by atoms with van der Waals surface area (Å²) >= 11 is 0. The second kappa shape index (κ2) is 10.7. The maximum absolute atomic E-state index is 6.01. The minimum absolute atomic E-state index is 0.0138.